The third-order valence-electron chi connectivity index (χ3n) is 4.24. The number of anilines is 1. The van der Waals surface area contributed by atoms with E-state index in [1.807, 2.05) is 12.1 Å². The lowest BCUT2D eigenvalue weighted by Crippen LogP contribution is -2.22. The number of hydrogen-bond acceptors (Lipinski definition) is 6. The van der Waals surface area contributed by atoms with Gasteiger partial charge in [0.15, 0.2) is 0 Å². The van der Waals surface area contributed by atoms with Crippen molar-refractivity contribution in [2.75, 3.05) is 18.4 Å². The van der Waals surface area contributed by atoms with Gasteiger partial charge in [0.2, 0.25) is 11.7 Å². The van der Waals surface area contributed by atoms with Crippen LogP contribution >= 0.6 is 0 Å². The molecule has 10 heteroatoms. The molecular weight excluding hydrogens is 399 g/mol. The van der Waals surface area contributed by atoms with Gasteiger partial charge in [-0.1, -0.05) is 23.4 Å². The van der Waals surface area contributed by atoms with Crippen LogP contribution in [0.25, 0.3) is 17.0 Å². The number of aromatic nitrogens is 2. The summed E-state index contributed by atoms with van der Waals surface area (Å²) in [7, 11) is 0. The molecule has 1 aliphatic rings. The average Bonchev–Trinajstić information content (AvgIpc) is 3.20. The van der Waals surface area contributed by atoms with E-state index in [1.165, 1.54) is 18.2 Å². The second-order valence-corrected chi connectivity index (χ2v) is 6.52. The zero-order valence-corrected chi connectivity index (χ0v) is 15.8. The predicted octanol–water partition coefficient (Wildman–Crippen LogP) is 3.82. The summed E-state index contributed by atoms with van der Waals surface area (Å²) in [5, 5.41) is 18.2. The van der Waals surface area contributed by atoms with E-state index >= 15 is 0 Å². The van der Waals surface area contributed by atoms with Gasteiger partial charge in [-0.25, -0.2) is 0 Å². The van der Waals surface area contributed by atoms with E-state index in [0.29, 0.717) is 37.2 Å². The summed E-state index contributed by atoms with van der Waals surface area (Å²) in [4.78, 5) is 15.8. The van der Waals surface area contributed by atoms with Crippen molar-refractivity contribution in [2.24, 2.45) is 0 Å². The summed E-state index contributed by atoms with van der Waals surface area (Å²) in [6.45, 7) is -0.856. The maximum Gasteiger partial charge on any atom is 0.405 e. The van der Waals surface area contributed by atoms with Crippen molar-refractivity contribution in [1.29, 1.82) is 5.26 Å². The molecule has 1 amide bonds. The van der Waals surface area contributed by atoms with E-state index in [9.17, 15) is 23.2 Å². The standard InChI is InChI=1S/C20H18F3N5O2/c21-20(22,23)12-26-16-8-7-14(10-15(16)11-24)19-27-18(28-30-19)13-4-1-2-6-17(29)25-9-3-5-13/h3-5,7-8,10,26H,1-2,6,9,12H2,(H,25,29)/b5-3-,13-4+. The Kier molecular flexibility index (Phi) is 6.51. The lowest BCUT2D eigenvalue weighted by Gasteiger charge is -2.11. The quantitative estimate of drug-likeness (QED) is 0.784. The van der Waals surface area contributed by atoms with Crippen molar-refractivity contribution in [2.45, 2.75) is 25.4 Å². The second-order valence-electron chi connectivity index (χ2n) is 6.52. The topological polar surface area (TPSA) is 104 Å². The van der Waals surface area contributed by atoms with Crippen molar-refractivity contribution in [3.8, 4) is 17.5 Å². The Balaban J connectivity index is 1.80. The maximum atomic E-state index is 12.4. The third-order valence-corrected chi connectivity index (χ3v) is 4.24. The molecule has 2 aromatic rings. The van der Waals surface area contributed by atoms with E-state index in [-0.39, 0.29) is 23.0 Å². The largest absolute Gasteiger partial charge is 0.405 e. The summed E-state index contributed by atoms with van der Waals surface area (Å²) in [6.07, 6.45) is 2.85. The molecule has 7 nitrogen and oxygen atoms in total. The van der Waals surface area contributed by atoms with Crippen molar-refractivity contribution in [3.63, 3.8) is 0 Å². The number of nitriles is 1. The van der Waals surface area contributed by atoms with Crippen molar-refractivity contribution in [3.05, 3.63) is 47.8 Å². The SMILES string of the molecule is N#Cc1cc(-c2nc(C3=C/CCCC(=O)NC/C=C\3)no2)ccc1NCC(F)(F)F. The number of hydrogen-bond donors (Lipinski definition) is 2. The first-order valence-electron chi connectivity index (χ1n) is 9.18. The number of halogens is 3. The highest BCUT2D eigenvalue weighted by atomic mass is 19.4. The molecule has 0 aliphatic carbocycles. The highest BCUT2D eigenvalue weighted by Crippen LogP contribution is 2.26. The molecule has 156 valence electrons. The molecule has 0 unspecified atom stereocenters. The molecule has 0 atom stereocenters. The normalized spacial score (nSPS) is 17.9. The first-order valence-corrected chi connectivity index (χ1v) is 9.18. The Morgan fingerprint density at radius 3 is 2.93 bits per heavy atom. The monoisotopic (exact) mass is 417 g/mol. The molecule has 3 rings (SSSR count). The fraction of sp³-hybridized carbons (Fsp3) is 0.300. The van der Waals surface area contributed by atoms with Crippen LogP contribution in [0.2, 0.25) is 0 Å². The fourth-order valence-corrected chi connectivity index (χ4v) is 2.78. The van der Waals surface area contributed by atoms with Crippen LogP contribution in [0.4, 0.5) is 18.9 Å². The van der Waals surface area contributed by atoms with Gasteiger partial charge in [-0.2, -0.15) is 23.4 Å². The Labute approximate surface area is 170 Å². The molecule has 0 bridgehead atoms. The highest BCUT2D eigenvalue weighted by molar-refractivity contribution is 5.77. The first kappa shape index (κ1) is 21.1. The smallest absolute Gasteiger partial charge is 0.375 e. The Morgan fingerprint density at radius 1 is 1.33 bits per heavy atom. The molecule has 2 N–H and O–H groups in total. The molecule has 30 heavy (non-hydrogen) atoms. The highest BCUT2D eigenvalue weighted by Gasteiger charge is 2.27. The minimum Gasteiger partial charge on any atom is -0.375 e. The van der Waals surface area contributed by atoms with Gasteiger partial charge in [-0.3, -0.25) is 4.79 Å². The number of alkyl halides is 3. The zero-order chi connectivity index (χ0) is 21.6. The van der Waals surface area contributed by atoms with Crippen LogP contribution in [0.3, 0.4) is 0 Å². The Morgan fingerprint density at radius 2 is 2.17 bits per heavy atom. The lowest BCUT2D eigenvalue weighted by atomic mass is 10.1. The van der Waals surface area contributed by atoms with Crippen molar-refractivity contribution in [1.82, 2.24) is 15.5 Å². The second kappa shape index (κ2) is 9.26. The molecule has 0 fully saturated rings. The number of benzene rings is 1. The summed E-state index contributed by atoms with van der Waals surface area (Å²) in [5.41, 5.74) is 1.24. The van der Waals surface area contributed by atoms with Gasteiger partial charge < -0.3 is 15.2 Å². The first-order chi connectivity index (χ1) is 14.4. The molecule has 0 saturated heterocycles. The van der Waals surface area contributed by atoms with Crippen molar-refractivity contribution < 1.29 is 22.5 Å². The van der Waals surface area contributed by atoms with Gasteiger partial charge >= 0.3 is 6.18 Å². The van der Waals surface area contributed by atoms with Crippen LogP contribution in [0.1, 0.15) is 30.7 Å². The number of carbonyl (C=O) groups excluding carboxylic acids is 1. The molecule has 0 radical (unpaired) electrons. The minimum atomic E-state index is -4.40. The number of allylic oxidation sites excluding steroid dienone is 3. The van der Waals surface area contributed by atoms with E-state index in [2.05, 4.69) is 20.8 Å². The van der Waals surface area contributed by atoms with Gasteiger partial charge in [-0.05, 0) is 31.0 Å². The van der Waals surface area contributed by atoms with E-state index in [0.717, 1.165) is 5.57 Å². The van der Waals surface area contributed by atoms with Gasteiger partial charge in [0.25, 0.3) is 5.89 Å². The van der Waals surface area contributed by atoms with Gasteiger partial charge in [0.1, 0.15) is 12.6 Å². The van der Waals surface area contributed by atoms with Crippen LogP contribution < -0.4 is 10.6 Å². The average molecular weight is 417 g/mol. The molecule has 2 heterocycles. The lowest BCUT2D eigenvalue weighted by molar-refractivity contribution is -0.121. The summed E-state index contributed by atoms with van der Waals surface area (Å²) < 4.78 is 42.5. The van der Waals surface area contributed by atoms with Crippen LogP contribution in [0.15, 0.2) is 41.0 Å². The van der Waals surface area contributed by atoms with E-state index in [1.54, 1.807) is 12.2 Å². The molecular formula is C20H18F3N5O2. The van der Waals surface area contributed by atoms with Crippen LogP contribution in [0, 0.1) is 11.3 Å². The summed E-state index contributed by atoms with van der Waals surface area (Å²) >= 11 is 0. The third kappa shape index (κ3) is 5.70. The van der Waals surface area contributed by atoms with Gasteiger partial charge in [-0.15, -0.1) is 0 Å². The molecule has 0 saturated carbocycles. The van der Waals surface area contributed by atoms with Crippen LogP contribution in [-0.4, -0.2) is 35.3 Å². The molecule has 1 aliphatic heterocycles. The molecule has 1 aromatic heterocycles. The Bertz CT molecular complexity index is 1020. The van der Waals surface area contributed by atoms with Crippen LogP contribution in [0.5, 0.6) is 0 Å². The molecule has 1 aromatic carbocycles. The zero-order valence-electron chi connectivity index (χ0n) is 15.8. The van der Waals surface area contributed by atoms with E-state index < -0.39 is 12.7 Å². The number of nitrogens with one attached hydrogen (secondary N) is 2. The summed E-state index contributed by atoms with van der Waals surface area (Å²) in [5.74, 6) is 0.481. The van der Waals surface area contributed by atoms with E-state index in [4.69, 9.17) is 4.52 Å². The van der Waals surface area contributed by atoms with Gasteiger partial charge in [0, 0.05) is 24.1 Å². The van der Waals surface area contributed by atoms with Crippen LogP contribution in [-0.2, 0) is 4.79 Å². The van der Waals surface area contributed by atoms with Crippen molar-refractivity contribution >= 4 is 17.2 Å². The van der Waals surface area contributed by atoms with Gasteiger partial charge in [0.05, 0.1) is 11.3 Å². The summed E-state index contributed by atoms with van der Waals surface area (Å²) in [6, 6.07) is 6.13. The number of nitrogens with zero attached hydrogens (tertiary/aromatic N) is 3. The number of amides is 1. The molecule has 0 spiro atoms. The maximum absolute atomic E-state index is 12.4. The number of rotatable bonds is 4. The number of carbonyl (C=O) groups is 1. The Hall–Kier alpha value is -3.61. The predicted molar refractivity (Wildman–Crippen MR) is 103 cm³/mol. The fourth-order valence-electron chi connectivity index (χ4n) is 2.78. The minimum absolute atomic E-state index is 0.000172.